The first kappa shape index (κ1) is 14.6. The standard InChI is InChI=1S/C15H26O4/c1-2-17-14(16)19-15(12-18-15)11-6-4-3-5-8-13-9-7-10-13/h13H,2-12H2,1H3. The third-order valence-electron chi connectivity index (χ3n) is 4.14. The van der Waals surface area contributed by atoms with Crippen molar-refractivity contribution in [3.8, 4) is 0 Å². The van der Waals surface area contributed by atoms with E-state index in [0.29, 0.717) is 13.2 Å². The summed E-state index contributed by atoms with van der Waals surface area (Å²) in [6.07, 6.45) is 10.8. The second-order valence-electron chi connectivity index (χ2n) is 5.73. The molecule has 19 heavy (non-hydrogen) atoms. The molecule has 110 valence electrons. The second kappa shape index (κ2) is 7.13. The maximum absolute atomic E-state index is 11.2. The third-order valence-corrected chi connectivity index (χ3v) is 4.14. The van der Waals surface area contributed by atoms with Crippen LogP contribution in [0.5, 0.6) is 0 Å². The molecule has 1 aliphatic carbocycles. The van der Waals surface area contributed by atoms with Gasteiger partial charge in [-0.1, -0.05) is 44.9 Å². The van der Waals surface area contributed by atoms with Gasteiger partial charge in [-0.05, 0) is 19.3 Å². The molecule has 4 heteroatoms. The molecule has 0 N–H and O–H groups in total. The SMILES string of the molecule is CCOC(=O)OC1(CCCCCCC2CCC2)CO1. The number of epoxide rings is 1. The van der Waals surface area contributed by atoms with Crippen molar-refractivity contribution in [1.29, 1.82) is 0 Å². The van der Waals surface area contributed by atoms with Crippen LogP contribution in [0, 0.1) is 5.92 Å². The van der Waals surface area contributed by atoms with Gasteiger partial charge in [0, 0.05) is 6.42 Å². The molecule has 1 aliphatic heterocycles. The van der Waals surface area contributed by atoms with Gasteiger partial charge in [0.1, 0.15) is 6.61 Å². The molecule has 1 saturated carbocycles. The Bertz CT molecular complexity index is 282. The van der Waals surface area contributed by atoms with E-state index in [4.69, 9.17) is 14.2 Å². The van der Waals surface area contributed by atoms with Crippen LogP contribution in [0.4, 0.5) is 4.79 Å². The van der Waals surface area contributed by atoms with Crippen molar-refractivity contribution in [3.63, 3.8) is 0 Å². The van der Waals surface area contributed by atoms with Crippen LogP contribution in [0.25, 0.3) is 0 Å². The first-order valence-corrected chi connectivity index (χ1v) is 7.74. The van der Waals surface area contributed by atoms with Crippen molar-refractivity contribution in [2.75, 3.05) is 13.2 Å². The highest BCUT2D eigenvalue weighted by Crippen LogP contribution is 2.35. The minimum atomic E-state index is -0.653. The van der Waals surface area contributed by atoms with Gasteiger partial charge in [-0.3, -0.25) is 0 Å². The van der Waals surface area contributed by atoms with Crippen molar-refractivity contribution >= 4 is 6.16 Å². The van der Waals surface area contributed by atoms with E-state index < -0.39 is 11.9 Å². The van der Waals surface area contributed by atoms with E-state index in [9.17, 15) is 4.79 Å². The smallest absolute Gasteiger partial charge is 0.435 e. The monoisotopic (exact) mass is 270 g/mol. The molecule has 0 aromatic carbocycles. The number of rotatable bonds is 9. The fourth-order valence-electron chi connectivity index (χ4n) is 2.60. The van der Waals surface area contributed by atoms with E-state index in [1.54, 1.807) is 6.92 Å². The summed E-state index contributed by atoms with van der Waals surface area (Å²) in [6, 6.07) is 0. The molecule has 0 aromatic rings. The molecule has 2 rings (SSSR count). The summed E-state index contributed by atoms with van der Waals surface area (Å²) in [5, 5.41) is 0. The Balaban J connectivity index is 1.46. The van der Waals surface area contributed by atoms with Crippen LogP contribution in [0.3, 0.4) is 0 Å². The Kier molecular flexibility index (Phi) is 5.49. The molecule has 0 spiro atoms. The lowest BCUT2D eigenvalue weighted by Crippen LogP contribution is -2.22. The first-order chi connectivity index (χ1) is 9.24. The topological polar surface area (TPSA) is 48.1 Å². The number of unbranched alkanes of at least 4 members (excludes halogenated alkanes) is 3. The molecule has 0 bridgehead atoms. The number of carbonyl (C=O) groups is 1. The molecule has 1 atom stereocenters. The number of hydrogen-bond donors (Lipinski definition) is 0. The van der Waals surface area contributed by atoms with E-state index in [2.05, 4.69) is 0 Å². The van der Waals surface area contributed by atoms with Crippen molar-refractivity contribution in [1.82, 2.24) is 0 Å². The summed E-state index contributed by atoms with van der Waals surface area (Å²) in [6.45, 7) is 2.63. The normalized spacial score (nSPS) is 25.7. The van der Waals surface area contributed by atoms with Gasteiger partial charge in [-0.25, -0.2) is 4.79 Å². The molecule has 2 aliphatic rings. The molecule has 0 aromatic heterocycles. The second-order valence-corrected chi connectivity index (χ2v) is 5.73. The Morgan fingerprint density at radius 3 is 2.58 bits per heavy atom. The van der Waals surface area contributed by atoms with E-state index in [-0.39, 0.29) is 0 Å². The summed E-state index contributed by atoms with van der Waals surface area (Å²) in [5.41, 5.74) is 0. The summed E-state index contributed by atoms with van der Waals surface area (Å²) in [4.78, 5) is 11.2. The van der Waals surface area contributed by atoms with Crippen LogP contribution in [0.1, 0.15) is 64.7 Å². The van der Waals surface area contributed by atoms with Crippen molar-refractivity contribution in [2.24, 2.45) is 5.92 Å². The summed E-state index contributed by atoms with van der Waals surface area (Å²) < 4.78 is 15.2. The van der Waals surface area contributed by atoms with Crippen LogP contribution in [-0.4, -0.2) is 25.2 Å². The van der Waals surface area contributed by atoms with E-state index in [0.717, 1.165) is 18.8 Å². The first-order valence-electron chi connectivity index (χ1n) is 7.74. The van der Waals surface area contributed by atoms with Gasteiger partial charge >= 0.3 is 6.16 Å². The Morgan fingerprint density at radius 2 is 2.00 bits per heavy atom. The minimum Gasteiger partial charge on any atom is -0.435 e. The molecule has 0 amide bonds. The fraction of sp³-hybridized carbons (Fsp3) is 0.933. The van der Waals surface area contributed by atoms with Gasteiger partial charge in [0.15, 0.2) is 0 Å². The third kappa shape index (κ3) is 5.01. The van der Waals surface area contributed by atoms with Crippen LogP contribution in [-0.2, 0) is 14.2 Å². The molecule has 1 heterocycles. The van der Waals surface area contributed by atoms with Crippen molar-refractivity contribution < 1.29 is 19.0 Å². The minimum absolute atomic E-state index is 0.343. The Hall–Kier alpha value is -0.770. The van der Waals surface area contributed by atoms with E-state index in [1.165, 1.54) is 44.9 Å². The lowest BCUT2D eigenvalue weighted by atomic mass is 9.81. The highest BCUT2D eigenvalue weighted by molar-refractivity contribution is 5.60. The highest BCUT2D eigenvalue weighted by Gasteiger charge is 2.49. The van der Waals surface area contributed by atoms with Gasteiger partial charge < -0.3 is 14.2 Å². The quantitative estimate of drug-likeness (QED) is 0.360. The lowest BCUT2D eigenvalue weighted by molar-refractivity contribution is -0.0381. The zero-order valence-corrected chi connectivity index (χ0v) is 12.0. The maximum Gasteiger partial charge on any atom is 0.510 e. The molecule has 2 fully saturated rings. The average molecular weight is 270 g/mol. The van der Waals surface area contributed by atoms with E-state index in [1.807, 2.05) is 0 Å². The largest absolute Gasteiger partial charge is 0.510 e. The Labute approximate surface area is 115 Å². The van der Waals surface area contributed by atoms with Gasteiger partial charge in [0.25, 0.3) is 0 Å². The van der Waals surface area contributed by atoms with Gasteiger partial charge in [-0.2, -0.15) is 0 Å². The number of hydrogen-bond acceptors (Lipinski definition) is 4. The van der Waals surface area contributed by atoms with Gasteiger partial charge in [0.05, 0.1) is 6.61 Å². The zero-order valence-electron chi connectivity index (χ0n) is 12.0. The summed E-state index contributed by atoms with van der Waals surface area (Å²) in [7, 11) is 0. The van der Waals surface area contributed by atoms with Crippen LogP contribution in [0.2, 0.25) is 0 Å². The lowest BCUT2D eigenvalue weighted by Gasteiger charge is -2.25. The molecule has 1 unspecified atom stereocenters. The molecule has 0 radical (unpaired) electrons. The van der Waals surface area contributed by atoms with Crippen LogP contribution < -0.4 is 0 Å². The molecule has 1 saturated heterocycles. The average Bonchev–Trinajstić information content (AvgIpc) is 3.06. The van der Waals surface area contributed by atoms with Crippen LogP contribution in [0.15, 0.2) is 0 Å². The summed E-state index contributed by atoms with van der Waals surface area (Å²) in [5.74, 6) is 0.366. The van der Waals surface area contributed by atoms with E-state index >= 15 is 0 Å². The number of carbonyl (C=O) groups excluding carboxylic acids is 1. The molecular formula is C15H26O4. The maximum atomic E-state index is 11.2. The number of ether oxygens (including phenoxy) is 3. The van der Waals surface area contributed by atoms with Gasteiger partial charge in [-0.15, -0.1) is 0 Å². The van der Waals surface area contributed by atoms with Crippen LogP contribution >= 0.6 is 0 Å². The van der Waals surface area contributed by atoms with Crippen molar-refractivity contribution in [2.45, 2.75) is 70.5 Å². The highest BCUT2D eigenvalue weighted by atomic mass is 16.8. The fourth-order valence-corrected chi connectivity index (χ4v) is 2.60. The Morgan fingerprint density at radius 1 is 1.26 bits per heavy atom. The van der Waals surface area contributed by atoms with Gasteiger partial charge in [0.2, 0.25) is 5.79 Å². The zero-order chi connectivity index (χ0) is 13.6. The van der Waals surface area contributed by atoms with Crippen molar-refractivity contribution in [3.05, 3.63) is 0 Å². The summed E-state index contributed by atoms with van der Waals surface area (Å²) >= 11 is 0. The molecule has 4 nitrogen and oxygen atoms in total. The predicted molar refractivity (Wildman–Crippen MR) is 71.8 cm³/mol. The molecular weight excluding hydrogens is 244 g/mol. The predicted octanol–water partition coefficient (Wildman–Crippen LogP) is 4.03.